The summed E-state index contributed by atoms with van der Waals surface area (Å²) >= 11 is 0. The van der Waals surface area contributed by atoms with Gasteiger partial charge in [-0.15, -0.1) is 0 Å². The van der Waals surface area contributed by atoms with E-state index in [1.165, 1.54) is 0 Å². The van der Waals surface area contributed by atoms with Crippen molar-refractivity contribution in [2.45, 2.75) is 13.8 Å². The van der Waals surface area contributed by atoms with Crippen LogP contribution in [-0.4, -0.2) is 16.1 Å². The Bertz CT molecular complexity index is 310. The lowest BCUT2D eigenvalue weighted by atomic mass is 10.2. The van der Waals surface area contributed by atoms with E-state index in [-0.39, 0.29) is 5.91 Å². The van der Waals surface area contributed by atoms with Gasteiger partial charge in [0.2, 0.25) is 0 Å². The standard InChI is InChI=1S/C7H10N4O/c1-4-3-6(7(12)9-8)5(2)11-10-4/h3H,8H2,1-2H3,(H,9,12). The lowest BCUT2D eigenvalue weighted by Crippen LogP contribution is -2.31. The van der Waals surface area contributed by atoms with Crippen LogP contribution in [-0.2, 0) is 0 Å². The molecule has 0 saturated carbocycles. The van der Waals surface area contributed by atoms with Crippen molar-refractivity contribution in [3.8, 4) is 0 Å². The van der Waals surface area contributed by atoms with Crippen LogP contribution in [0.1, 0.15) is 21.7 Å². The third kappa shape index (κ3) is 1.57. The Balaban J connectivity index is 3.13. The molecule has 0 aromatic carbocycles. The number of nitrogens with zero attached hydrogens (tertiary/aromatic N) is 2. The Morgan fingerprint density at radius 3 is 2.75 bits per heavy atom. The number of hydrogen-bond acceptors (Lipinski definition) is 4. The molecule has 1 aromatic heterocycles. The zero-order chi connectivity index (χ0) is 9.14. The highest BCUT2D eigenvalue weighted by Crippen LogP contribution is 2.03. The number of aromatic nitrogens is 2. The summed E-state index contributed by atoms with van der Waals surface area (Å²) in [5, 5.41) is 7.57. The molecule has 1 aromatic rings. The van der Waals surface area contributed by atoms with Crippen molar-refractivity contribution in [3.05, 3.63) is 23.0 Å². The molecule has 0 bridgehead atoms. The molecule has 1 heterocycles. The minimum atomic E-state index is -0.342. The van der Waals surface area contributed by atoms with Gasteiger partial charge >= 0.3 is 0 Å². The summed E-state index contributed by atoms with van der Waals surface area (Å²) in [7, 11) is 0. The summed E-state index contributed by atoms with van der Waals surface area (Å²) in [5.41, 5.74) is 3.77. The van der Waals surface area contributed by atoms with E-state index in [1.807, 2.05) is 5.43 Å². The lowest BCUT2D eigenvalue weighted by Gasteiger charge is -2.02. The van der Waals surface area contributed by atoms with E-state index in [1.54, 1.807) is 19.9 Å². The summed E-state index contributed by atoms with van der Waals surface area (Å²) in [5.74, 6) is 4.63. The summed E-state index contributed by atoms with van der Waals surface area (Å²) in [6.07, 6.45) is 0. The van der Waals surface area contributed by atoms with Crippen molar-refractivity contribution in [2.24, 2.45) is 5.84 Å². The molecule has 5 nitrogen and oxygen atoms in total. The van der Waals surface area contributed by atoms with E-state index >= 15 is 0 Å². The minimum Gasteiger partial charge on any atom is -0.290 e. The van der Waals surface area contributed by atoms with Crippen molar-refractivity contribution in [1.82, 2.24) is 15.6 Å². The highest BCUT2D eigenvalue weighted by atomic mass is 16.2. The SMILES string of the molecule is Cc1cc(C(=O)NN)c(C)nn1. The number of nitrogens with two attached hydrogens (primary N) is 1. The first-order valence-corrected chi connectivity index (χ1v) is 3.47. The molecular weight excluding hydrogens is 156 g/mol. The molecule has 0 atom stereocenters. The van der Waals surface area contributed by atoms with Gasteiger partial charge in [0.05, 0.1) is 17.0 Å². The zero-order valence-electron chi connectivity index (χ0n) is 6.96. The molecule has 12 heavy (non-hydrogen) atoms. The van der Waals surface area contributed by atoms with Gasteiger partial charge in [-0.2, -0.15) is 10.2 Å². The van der Waals surface area contributed by atoms with E-state index in [2.05, 4.69) is 10.2 Å². The second kappa shape index (κ2) is 3.27. The van der Waals surface area contributed by atoms with Crippen molar-refractivity contribution in [1.29, 1.82) is 0 Å². The average Bonchev–Trinajstić information content (AvgIpc) is 2.08. The summed E-state index contributed by atoms with van der Waals surface area (Å²) in [6.45, 7) is 3.47. The topological polar surface area (TPSA) is 80.9 Å². The molecule has 1 amide bonds. The van der Waals surface area contributed by atoms with Gasteiger partial charge in [-0.3, -0.25) is 10.2 Å². The second-order valence-corrected chi connectivity index (χ2v) is 2.46. The Labute approximate surface area is 70.0 Å². The first-order chi connectivity index (χ1) is 5.65. The molecule has 0 aliphatic carbocycles. The maximum atomic E-state index is 11.1. The lowest BCUT2D eigenvalue weighted by molar-refractivity contribution is 0.0952. The van der Waals surface area contributed by atoms with E-state index in [9.17, 15) is 4.79 Å². The van der Waals surface area contributed by atoms with Gasteiger partial charge in [-0.1, -0.05) is 0 Å². The van der Waals surface area contributed by atoms with Crippen LogP contribution in [0.4, 0.5) is 0 Å². The van der Waals surface area contributed by atoms with Crippen LogP contribution in [0.25, 0.3) is 0 Å². The van der Waals surface area contributed by atoms with Gasteiger partial charge in [0, 0.05) is 0 Å². The number of nitrogen functional groups attached to an aromatic ring is 1. The Morgan fingerprint density at radius 2 is 2.17 bits per heavy atom. The van der Waals surface area contributed by atoms with Gasteiger partial charge in [0.1, 0.15) is 0 Å². The van der Waals surface area contributed by atoms with Crippen molar-refractivity contribution >= 4 is 5.91 Å². The quantitative estimate of drug-likeness (QED) is 0.341. The molecule has 0 spiro atoms. The maximum Gasteiger partial charge on any atom is 0.267 e. The number of hydrazine groups is 1. The third-order valence-corrected chi connectivity index (χ3v) is 1.48. The van der Waals surface area contributed by atoms with Crippen molar-refractivity contribution in [2.75, 3.05) is 0 Å². The number of nitrogens with one attached hydrogen (secondary N) is 1. The Morgan fingerprint density at radius 1 is 1.50 bits per heavy atom. The largest absolute Gasteiger partial charge is 0.290 e. The van der Waals surface area contributed by atoms with Crippen LogP contribution in [0.3, 0.4) is 0 Å². The van der Waals surface area contributed by atoms with Crippen molar-refractivity contribution < 1.29 is 4.79 Å². The third-order valence-electron chi connectivity index (χ3n) is 1.48. The van der Waals surface area contributed by atoms with E-state index in [0.717, 1.165) is 0 Å². The molecule has 0 aliphatic heterocycles. The highest BCUT2D eigenvalue weighted by Gasteiger charge is 2.08. The normalized spacial score (nSPS) is 9.58. The van der Waals surface area contributed by atoms with Gasteiger partial charge in [0.25, 0.3) is 5.91 Å². The number of amides is 1. The zero-order valence-corrected chi connectivity index (χ0v) is 6.96. The number of rotatable bonds is 1. The van der Waals surface area contributed by atoms with Gasteiger partial charge in [-0.05, 0) is 19.9 Å². The monoisotopic (exact) mass is 166 g/mol. The highest BCUT2D eigenvalue weighted by molar-refractivity contribution is 5.94. The first-order valence-electron chi connectivity index (χ1n) is 3.47. The van der Waals surface area contributed by atoms with Gasteiger partial charge in [0.15, 0.2) is 0 Å². The van der Waals surface area contributed by atoms with Crippen LogP contribution in [0.2, 0.25) is 0 Å². The summed E-state index contributed by atoms with van der Waals surface area (Å²) in [4.78, 5) is 11.1. The molecule has 5 heteroatoms. The molecule has 0 unspecified atom stereocenters. The fourth-order valence-electron chi connectivity index (χ4n) is 0.858. The number of aryl methyl sites for hydroxylation is 2. The van der Waals surface area contributed by atoms with E-state index in [0.29, 0.717) is 17.0 Å². The van der Waals surface area contributed by atoms with E-state index < -0.39 is 0 Å². The minimum absolute atomic E-state index is 0.342. The molecule has 0 fully saturated rings. The maximum absolute atomic E-state index is 11.1. The van der Waals surface area contributed by atoms with Crippen LogP contribution in [0.5, 0.6) is 0 Å². The Kier molecular flexibility index (Phi) is 2.35. The molecule has 0 saturated heterocycles. The molecule has 0 radical (unpaired) electrons. The van der Waals surface area contributed by atoms with Gasteiger partial charge < -0.3 is 0 Å². The molecular formula is C7H10N4O. The average molecular weight is 166 g/mol. The predicted molar refractivity (Wildman–Crippen MR) is 43.2 cm³/mol. The second-order valence-electron chi connectivity index (χ2n) is 2.46. The number of hydrogen-bond donors (Lipinski definition) is 2. The van der Waals surface area contributed by atoms with Gasteiger partial charge in [-0.25, -0.2) is 5.84 Å². The van der Waals surface area contributed by atoms with E-state index in [4.69, 9.17) is 5.84 Å². The fourth-order valence-corrected chi connectivity index (χ4v) is 0.858. The van der Waals surface area contributed by atoms with Crippen LogP contribution in [0, 0.1) is 13.8 Å². The van der Waals surface area contributed by atoms with Crippen LogP contribution in [0.15, 0.2) is 6.07 Å². The molecule has 1 rings (SSSR count). The summed E-state index contributed by atoms with van der Waals surface area (Å²) in [6, 6.07) is 1.64. The summed E-state index contributed by atoms with van der Waals surface area (Å²) < 4.78 is 0. The van der Waals surface area contributed by atoms with Crippen LogP contribution >= 0.6 is 0 Å². The predicted octanol–water partition coefficient (Wildman–Crippen LogP) is -0.303. The Hall–Kier alpha value is -1.49. The number of carbonyl (C=O) groups excluding carboxylic acids is 1. The smallest absolute Gasteiger partial charge is 0.267 e. The van der Waals surface area contributed by atoms with Crippen molar-refractivity contribution in [3.63, 3.8) is 0 Å². The molecule has 0 aliphatic rings. The fraction of sp³-hybridized carbons (Fsp3) is 0.286. The first kappa shape index (κ1) is 8.61. The molecule has 3 N–H and O–H groups in total. The molecule has 64 valence electrons. The number of carbonyl (C=O) groups is 1. The van der Waals surface area contributed by atoms with Crippen LogP contribution < -0.4 is 11.3 Å².